The van der Waals surface area contributed by atoms with Gasteiger partial charge in [0.25, 0.3) is 0 Å². The SMILES string of the molecule is c1ncc2nnnn2c1NC1CCN(C2CC2)C1. The van der Waals surface area contributed by atoms with Crippen LogP contribution in [0.2, 0.25) is 0 Å². The maximum Gasteiger partial charge on any atom is 0.199 e. The standard InChI is InChI=1S/C11H15N7/c1-2-9(1)17-4-3-8(7-17)13-10-5-12-6-11-14-15-16-18(10)11/h5-6,8-9,13H,1-4,7H2. The van der Waals surface area contributed by atoms with Crippen molar-refractivity contribution in [3.05, 3.63) is 12.4 Å². The van der Waals surface area contributed by atoms with E-state index in [1.807, 2.05) is 0 Å². The number of hydrogen-bond acceptors (Lipinski definition) is 6. The molecule has 1 aliphatic heterocycles. The van der Waals surface area contributed by atoms with Crippen molar-refractivity contribution in [2.75, 3.05) is 18.4 Å². The molecular weight excluding hydrogens is 230 g/mol. The van der Waals surface area contributed by atoms with Crippen LogP contribution in [0.15, 0.2) is 12.4 Å². The quantitative estimate of drug-likeness (QED) is 0.831. The predicted molar refractivity (Wildman–Crippen MR) is 65.2 cm³/mol. The highest BCUT2D eigenvalue weighted by Crippen LogP contribution is 2.30. The van der Waals surface area contributed by atoms with Crippen LogP contribution in [-0.2, 0) is 0 Å². The summed E-state index contributed by atoms with van der Waals surface area (Å²) in [5, 5.41) is 15.0. The average Bonchev–Trinajstić information content (AvgIpc) is 2.94. The van der Waals surface area contributed by atoms with Crippen LogP contribution in [-0.4, -0.2) is 55.1 Å². The van der Waals surface area contributed by atoms with Crippen molar-refractivity contribution in [1.82, 2.24) is 29.9 Å². The van der Waals surface area contributed by atoms with Crippen molar-refractivity contribution >= 4 is 11.5 Å². The lowest BCUT2D eigenvalue weighted by Crippen LogP contribution is -2.28. The number of aromatic nitrogens is 5. The predicted octanol–water partition coefficient (Wildman–Crippen LogP) is 0.168. The Hall–Kier alpha value is -1.76. The molecule has 0 aromatic carbocycles. The summed E-state index contributed by atoms with van der Waals surface area (Å²) >= 11 is 0. The lowest BCUT2D eigenvalue weighted by atomic mass is 10.2. The maximum atomic E-state index is 4.15. The highest BCUT2D eigenvalue weighted by atomic mass is 15.5. The second-order valence-electron chi connectivity index (χ2n) is 5.10. The zero-order chi connectivity index (χ0) is 11.9. The first-order valence-corrected chi connectivity index (χ1v) is 6.43. The van der Waals surface area contributed by atoms with Crippen LogP contribution >= 0.6 is 0 Å². The summed E-state index contributed by atoms with van der Waals surface area (Å²) in [4.78, 5) is 6.73. The van der Waals surface area contributed by atoms with Crippen LogP contribution < -0.4 is 5.32 Å². The second-order valence-corrected chi connectivity index (χ2v) is 5.10. The van der Waals surface area contributed by atoms with Crippen LogP contribution in [0.25, 0.3) is 5.65 Å². The third-order valence-electron chi connectivity index (χ3n) is 3.74. The number of likely N-dealkylation sites (tertiary alicyclic amines) is 1. The number of fused-ring (bicyclic) bond motifs is 1. The highest BCUT2D eigenvalue weighted by Gasteiger charge is 2.34. The lowest BCUT2D eigenvalue weighted by molar-refractivity contribution is 0.326. The Morgan fingerprint density at radius 3 is 3.06 bits per heavy atom. The van der Waals surface area contributed by atoms with E-state index < -0.39 is 0 Å². The van der Waals surface area contributed by atoms with E-state index in [2.05, 4.69) is 30.7 Å². The van der Waals surface area contributed by atoms with Gasteiger partial charge in [-0.2, -0.15) is 4.52 Å². The Labute approximate surface area is 104 Å². The highest BCUT2D eigenvalue weighted by molar-refractivity contribution is 5.44. The van der Waals surface area contributed by atoms with E-state index in [1.165, 1.54) is 25.8 Å². The first kappa shape index (κ1) is 10.2. The smallest absolute Gasteiger partial charge is 0.199 e. The molecule has 1 atom stereocenters. The number of rotatable bonds is 3. The van der Waals surface area contributed by atoms with Crippen molar-refractivity contribution in [2.24, 2.45) is 0 Å². The van der Waals surface area contributed by atoms with Gasteiger partial charge in [-0.05, 0) is 29.7 Å². The van der Waals surface area contributed by atoms with Crippen LogP contribution in [0.3, 0.4) is 0 Å². The Bertz CT molecular complexity index is 561. The number of anilines is 1. The van der Waals surface area contributed by atoms with Gasteiger partial charge in [-0.25, -0.2) is 0 Å². The van der Waals surface area contributed by atoms with E-state index in [4.69, 9.17) is 0 Å². The molecule has 2 fully saturated rings. The lowest BCUT2D eigenvalue weighted by Gasteiger charge is -2.16. The summed E-state index contributed by atoms with van der Waals surface area (Å²) in [6, 6.07) is 1.32. The largest absolute Gasteiger partial charge is 0.365 e. The van der Waals surface area contributed by atoms with Gasteiger partial charge in [-0.15, -0.1) is 5.10 Å². The molecule has 7 nitrogen and oxygen atoms in total. The molecule has 18 heavy (non-hydrogen) atoms. The summed E-state index contributed by atoms with van der Waals surface area (Å²) in [5.41, 5.74) is 0.678. The van der Waals surface area contributed by atoms with Crippen LogP contribution in [0.5, 0.6) is 0 Å². The molecule has 2 aromatic heterocycles. The van der Waals surface area contributed by atoms with Gasteiger partial charge in [0.1, 0.15) is 0 Å². The van der Waals surface area contributed by atoms with Gasteiger partial charge < -0.3 is 5.32 Å². The van der Waals surface area contributed by atoms with Crippen LogP contribution in [0.1, 0.15) is 19.3 Å². The topological polar surface area (TPSA) is 71.2 Å². The molecule has 2 aromatic rings. The Balaban J connectivity index is 1.52. The maximum absolute atomic E-state index is 4.15. The number of nitrogens with zero attached hydrogens (tertiary/aromatic N) is 6. The normalized spacial score (nSPS) is 24.8. The van der Waals surface area contributed by atoms with E-state index in [9.17, 15) is 0 Å². The molecule has 0 spiro atoms. The molecule has 1 aliphatic carbocycles. The minimum Gasteiger partial charge on any atom is -0.365 e. The first-order chi connectivity index (χ1) is 8.90. The molecule has 1 unspecified atom stereocenters. The summed E-state index contributed by atoms with van der Waals surface area (Å²) in [6.45, 7) is 2.31. The van der Waals surface area contributed by atoms with Gasteiger partial charge in [-0.1, -0.05) is 0 Å². The fourth-order valence-corrected chi connectivity index (χ4v) is 2.66. The van der Waals surface area contributed by atoms with Gasteiger partial charge in [0.2, 0.25) is 0 Å². The monoisotopic (exact) mass is 245 g/mol. The molecule has 2 aliphatic rings. The molecule has 0 bridgehead atoms. The molecule has 0 radical (unpaired) electrons. The minimum absolute atomic E-state index is 0.474. The van der Waals surface area contributed by atoms with Gasteiger partial charge in [0.15, 0.2) is 11.5 Å². The first-order valence-electron chi connectivity index (χ1n) is 6.43. The van der Waals surface area contributed by atoms with E-state index in [0.717, 1.165) is 18.4 Å². The number of hydrogen-bond donors (Lipinski definition) is 1. The van der Waals surface area contributed by atoms with E-state index in [-0.39, 0.29) is 0 Å². The molecule has 1 saturated carbocycles. The van der Waals surface area contributed by atoms with Crippen molar-refractivity contribution in [3.63, 3.8) is 0 Å². The zero-order valence-corrected chi connectivity index (χ0v) is 10.0. The van der Waals surface area contributed by atoms with Gasteiger partial charge >= 0.3 is 0 Å². The van der Waals surface area contributed by atoms with Crippen molar-refractivity contribution in [3.8, 4) is 0 Å². The fourth-order valence-electron chi connectivity index (χ4n) is 2.66. The van der Waals surface area contributed by atoms with Gasteiger partial charge in [-0.3, -0.25) is 9.88 Å². The van der Waals surface area contributed by atoms with Crippen molar-refractivity contribution in [2.45, 2.75) is 31.3 Å². The van der Waals surface area contributed by atoms with Crippen molar-refractivity contribution < 1.29 is 0 Å². The Morgan fingerprint density at radius 1 is 1.22 bits per heavy atom. The van der Waals surface area contributed by atoms with E-state index in [1.54, 1.807) is 16.9 Å². The molecule has 94 valence electrons. The molecule has 4 rings (SSSR count). The van der Waals surface area contributed by atoms with Gasteiger partial charge in [0, 0.05) is 25.2 Å². The minimum atomic E-state index is 0.474. The second kappa shape index (κ2) is 3.88. The number of tetrazole rings is 1. The summed E-state index contributed by atoms with van der Waals surface area (Å²) in [5.74, 6) is 0.875. The molecular formula is C11H15N7. The van der Waals surface area contributed by atoms with Crippen LogP contribution in [0, 0.1) is 0 Å². The fraction of sp³-hybridized carbons (Fsp3) is 0.636. The Kier molecular flexibility index (Phi) is 2.19. The third kappa shape index (κ3) is 1.71. The number of nitrogens with one attached hydrogen (secondary N) is 1. The summed E-state index contributed by atoms with van der Waals surface area (Å²) in [7, 11) is 0. The summed E-state index contributed by atoms with van der Waals surface area (Å²) < 4.78 is 1.70. The van der Waals surface area contributed by atoms with E-state index >= 15 is 0 Å². The molecule has 3 heterocycles. The molecule has 7 heteroatoms. The zero-order valence-electron chi connectivity index (χ0n) is 10.0. The average molecular weight is 245 g/mol. The van der Waals surface area contributed by atoms with Gasteiger partial charge in [0.05, 0.1) is 12.4 Å². The molecule has 1 N–H and O–H groups in total. The molecule has 1 saturated heterocycles. The molecule has 0 amide bonds. The van der Waals surface area contributed by atoms with Crippen LogP contribution in [0.4, 0.5) is 5.82 Å². The summed E-state index contributed by atoms with van der Waals surface area (Å²) in [6.07, 6.45) is 7.36. The van der Waals surface area contributed by atoms with Crippen molar-refractivity contribution in [1.29, 1.82) is 0 Å². The third-order valence-corrected chi connectivity index (χ3v) is 3.74. The Morgan fingerprint density at radius 2 is 2.17 bits per heavy atom. The van der Waals surface area contributed by atoms with E-state index in [0.29, 0.717) is 11.7 Å².